The number of nitrogens with zero attached hydrogens (tertiary/aromatic N) is 1. The monoisotopic (exact) mass is 387 g/mol. The lowest BCUT2D eigenvalue weighted by Crippen LogP contribution is -2.27. The van der Waals surface area contributed by atoms with Crippen LogP contribution >= 0.6 is 24.0 Å². The first kappa shape index (κ1) is 18.3. The Kier molecular flexibility index (Phi) is 5.20. The number of aromatic hydroxyl groups is 1. The summed E-state index contributed by atoms with van der Waals surface area (Å²) in [5, 5.41) is 10.0. The number of thiocarbonyl (C=S) groups is 1. The van der Waals surface area contributed by atoms with Gasteiger partial charge in [0, 0.05) is 0 Å². The van der Waals surface area contributed by atoms with E-state index in [0.29, 0.717) is 14.8 Å². The second kappa shape index (κ2) is 7.39. The number of phenols is 1. The number of carbonyl (C=O) groups excluding carboxylic acids is 1. The molecule has 2 aromatic carbocycles. The molecule has 7 heteroatoms. The Morgan fingerprint density at radius 3 is 2.38 bits per heavy atom. The van der Waals surface area contributed by atoms with Crippen molar-refractivity contribution in [1.82, 2.24) is 0 Å². The van der Waals surface area contributed by atoms with E-state index in [-0.39, 0.29) is 23.2 Å². The van der Waals surface area contributed by atoms with E-state index in [9.17, 15) is 9.90 Å². The lowest BCUT2D eigenvalue weighted by molar-refractivity contribution is -0.113. The van der Waals surface area contributed by atoms with Crippen molar-refractivity contribution in [2.45, 2.75) is 6.92 Å². The summed E-state index contributed by atoms with van der Waals surface area (Å²) in [6.45, 7) is 1.96. The Morgan fingerprint density at radius 1 is 1.15 bits per heavy atom. The van der Waals surface area contributed by atoms with Gasteiger partial charge in [0.1, 0.15) is 0 Å². The maximum Gasteiger partial charge on any atom is 0.270 e. The molecule has 0 unspecified atom stereocenters. The Balaban J connectivity index is 1.98. The van der Waals surface area contributed by atoms with Crippen LogP contribution in [0.4, 0.5) is 5.69 Å². The number of rotatable bonds is 4. The van der Waals surface area contributed by atoms with E-state index in [1.807, 2.05) is 31.2 Å². The molecule has 0 aliphatic carbocycles. The number of hydrogen-bond donors (Lipinski definition) is 1. The van der Waals surface area contributed by atoms with Crippen LogP contribution < -0.4 is 14.4 Å². The maximum atomic E-state index is 12.8. The van der Waals surface area contributed by atoms with Gasteiger partial charge in [0.05, 0.1) is 24.8 Å². The van der Waals surface area contributed by atoms with Crippen molar-refractivity contribution in [3.63, 3.8) is 0 Å². The van der Waals surface area contributed by atoms with Gasteiger partial charge in [-0.2, -0.15) is 0 Å². The Bertz CT molecular complexity index is 899. The molecule has 1 N–H and O–H groups in total. The number of benzene rings is 2. The molecule has 2 aromatic rings. The first-order valence-electron chi connectivity index (χ1n) is 7.74. The van der Waals surface area contributed by atoms with Crippen LogP contribution in [0, 0.1) is 6.92 Å². The zero-order valence-corrected chi connectivity index (χ0v) is 16.1. The van der Waals surface area contributed by atoms with Gasteiger partial charge in [-0.25, -0.2) is 0 Å². The van der Waals surface area contributed by atoms with Gasteiger partial charge in [-0.15, -0.1) is 0 Å². The van der Waals surface area contributed by atoms with Gasteiger partial charge >= 0.3 is 0 Å². The molecule has 134 valence electrons. The van der Waals surface area contributed by atoms with Gasteiger partial charge in [-0.3, -0.25) is 9.69 Å². The number of aryl methyl sites for hydroxylation is 1. The largest absolute Gasteiger partial charge is 0.502 e. The first-order valence-corrected chi connectivity index (χ1v) is 8.96. The highest BCUT2D eigenvalue weighted by Crippen LogP contribution is 2.40. The molecule has 26 heavy (non-hydrogen) atoms. The lowest BCUT2D eigenvalue weighted by atomic mass is 10.1. The van der Waals surface area contributed by atoms with Crippen LogP contribution in [0.5, 0.6) is 17.2 Å². The third-order valence-electron chi connectivity index (χ3n) is 3.85. The fourth-order valence-corrected chi connectivity index (χ4v) is 3.90. The van der Waals surface area contributed by atoms with Crippen LogP contribution in [0.1, 0.15) is 11.1 Å². The van der Waals surface area contributed by atoms with Crippen molar-refractivity contribution in [3.8, 4) is 17.2 Å². The summed E-state index contributed by atoms with van der Waals surface area (Å²) in [6.07, 6.45) is 1.71. The third kappa shape index (κ3) is 3.40. The maximum absolute atomic E-state index is 12.8. The minimum absolute atomic E-state index is 0.0838. The van der Waals surface area contributed by atoms with E-state index in [2.05, 4.69) is 0 Å². The van der Waals surface area contributed by atoms with E-state index >= 15 is 0 Å². The van der Waals surface area contributed by atoms with Gasteiger partial charge < -0.3 is 14.6 Å². The molecule has 5 nitrogen and oxygen atoms in total. The number of phenolic OH excluding ortho intramolecular Hbond substituents is 1. The second-order valence-corrected chi connectivity index (χ2v) is 7.31. The fourth-order valence-electron chi connectivity index (χ4n) is 2.61. The number of ether oxygens (including phenoxy) is 2. The van der Waals surface area contributed by atoms with E-state index in [0.717, 1.165) is 11.3 Å². The second-order valence-electron chi connectivity index (χ2n) is 5.63. The fraction of sp³-hybridized carbons (Fsp3) is 0.158. The van der Waals surface area contributed by atoms with E-state index < -0.39 is 0 Å². The molecular formula is C19H17NO4S2. The average Bonchev–Trinajstić information content (AvgIpc) is 2.89. The van der Waals surface area contributed by atoms with E-state index in [1.165, 1.54) is 30.9 Å². The third-order valence-corrected chi connectivity index (χ3v) is 5.16. The summed E-state index contributed by atoms with van der Waals surface area (Å²) in [5.74, 6) is 0.269. The van der Waals surface area contributed by atoms with E-state index in [4.69, 9.17) is 21.7 Å². The minimum atomic E-state index is -0.184. The number of carbonyl (C=O) groups is 1. The molecule has 1 aliphatic rings. The van der Waals surface area contributed by atoms with Crippen LogP contribution in [-0.2, 0) is 4.79 Å². The van der Waals surface area contributed by atoms with Gasteiger partial charge in [-0.1, -0.05) is 36.1 Å². The van der Waals surface area contributed by atoms with Crippen molar-refractivity contribution in [2.75, 3.05) is 19.1 Å². The Morgan fingerprint density at radius 2 is 1.81 bits per heavy atom. The smallest absolute Gasteiger partial charge is 0.270 e. The lowest BCUT2D eigenvalue weighted by Gasteiger charge is -2.14. The normalized spacial score (nSPS) is 15.7. The number of methoxy groups -OCH3 is 2. The molecule has 0 atom stereocenters. The standard InChI is InChI=1S/C19H17NO4S2/c1-11-5-4-6-13(7-11)20-18(22)16(26-19(20)25)10-12-8-14(23-2)17(21)15(9-12)24-3/h4-10,21H,1-3H3/b16-10-. The van der Waals surface area contributed by atoms with E-state index in [1.54, 1.807) is 18.2 Å². The first-order chi connectivity index (χ1) is 12.4. The zero-order valence-electron chi connectivity index (χ0n) is 14.5. The molecule has 1 amide bonds. The molecule has 0 saturated carbocycles. The molecule has 1 fully saturated rings. The quantitative estimate of drug-likeness (QED) is 0.629. The highest BCUT2D eigenvalue weighted by Gasteiger charge is 2.33. The summed E-state index contributed by atoms with van der Waals surface area (Å²) in [5.41, 5.74) is 2.46. The van der Waals surface area contributed by atoms with Crippen molar-refractivity contribution < 1.29 is 19.4 Å². The molecule has 1 aliphatic heterocycles. The van der Waals surface area contributed by atoms with Gasteiger partial charge in [0.25, 0.3) is 5.91 Å². The van der Waals surface area contributed by atoms with Crippen molar-refractivity contribution in [3.05, 3.63) is 52.4 Å². The Hall–Kier alpha value is -2.51. The molecule has 1 heterocycles. The minimum Gasteiger partial charge on any atom is -0.502 e. The summed E-state index contributed by atoms with van der Waals surface area (Å²) in [7, 11) is 2.91. The number of anilines is 1. The predicted octanol–water partition coefficient (Wildman–Crippen LogP) is 4.12. The molecule has 0 spiro atoms. The van der Waals surface area contributed by atoms with Gasteiger partial charge in [-0.05, 0) is 48.4 Å². The molecular weight excluding hydrogens is 370 g/mol. The molecule has 0 bridgehead atoms. The van der Waals surface area contributed by atoms with Crippen molar-refractivity contribution in [2.24, 2.45) is 0 Å². The van der Waals surface area contributed by atoms with Crippen molar-refractivity contribution in [1.29, 1.82) is 0 Å². The van der Waals surface area contributed by atoms with Gasteiger partial charge in [0.2, 0.25) is 5.75 Å². The Labute approximate surface area is 161 Å². The van der Waals surface area contributed by atoms with Crippen LogP contribution in [0.3, 0.4) is 0 Å². The van der Waals surface area contributed by atoms with Crippen molar-refractivity contribution >= 4 is 46.0 Å². The summed E-state index contributed by atoms with van der Waals surface area (Å²) in [6, 6.07) is 10.9. The van der Waals surface area contributed by atoms with Gasteiger partial charge in [0.15, 0.2) is 15.8 Å². The molecule has 3 rings (SSSR count). The topological polar surface area (TPSA) is 59.0 Å². The molecule has 1 saturated heterocycles. The van der Waals surface area contributed by atoms with Crippen LogP contribution in [-0.4, -0.2) is 29.6 Å². The predicted molar refractivity (Wildman–Crippen MR) is 108 cm³/mol. The number of thioether (sulfide) groups is 1. The summed E-state index contributed by atoms with van der Waals surface area (Å²) < 4.78 is 10.8. The number of amides is 1. The summed E-state index contributed by atoms with van der Waals surface area (Å²) in [4.78, 5) is 14.9. The van der Waals surface area contributed by atoms with Crippen LogP contribution in [0.2, 0.25) is 0 Å². The molecule has 0 radical (unpaired) electrons. The molecule has 0 aromatic heterocycles. The zero-order chi connectivity index (χ0) is 18.8. The highest BCUT2D eigenvalue weighted by molar-refractivity contribution is 8.27. The average molecular weight is 387 g/mol. The SMILES string of the molecule is COc1cc(/C=C2\SC(=S)N(c3cccc(C)c3)C2=O)cc(OC)c1O. The summed E-state index contributed by atoms with van der Waals surface area (Å²) >= 11 is 6.63. The van der Waals surface area contributed by atoms with Crippen LogP contribution in [0.15, 0.2) is 41.3 Å². The highest BCUT2D eigenvalue weighted by atomic mass is 32.2. The number of hydrogen-bond acceptors (Lipinski definition) is 6. The van der Waals surface area contributed by atoms with Crippen LogP contribution in [0.25, 0.3) is 6.08 Å².